The molecule has 0 radical (unpaired) electrons. The van der Waals surface area contributed by atoms with Crippen molar-refractivity contribution in [1.82, 2.24) is 15.5 Å². The van der Waals surface area contributed by atoms with Crippen molar-refractivity contribution < 1.29 is 14.2 Å². The highest BCUT2D eigenvalue weighted by atomic mass is 127. The lowest BCUT2D eigenvalue weighted by molar-refractivity contribution is 0.121. The van der Waals surface area contributed by atoms with Crippen molar-refractivity contribution in [1.29, 1.82) is 0 Å². The third-order valence-electron chi connectivity index (χ3n) is 5.48. The second-order valence-corrected chi connectivity index (χ2v) is 7.82. The summed E-state index contributed by atoms with van der Waals surface area (Å²) >= 11 is 0. The van der Waals surface area contributed by atoms with E-state index in [0.717, 1.165) is 69.8 Å². The molecule has 1 fully saturated rings. The smallest absolute Gasteiger partial charge is 0.191 e. The molecule has 0 bridgehead atoms. The molecule has 32 heavy (non-hydrogen) atoms. The number of benzene rings is 1. The largest absolute Gasteiger partial charge is 0.490 e. The van der Waals surface area contributed by atoms with Crippen molar-refractivity contribution in [2.75, 3.05) is 66.2 Å². The highest BCUT2D eigenvalue weighted by Gasteiger charge is 2.18. The molecule has 0 aliphatic carbocycles. The zero-order valence-corrected chi connectivity index (χ0v) is 22.7. The average molecular weight is 563 g/mol. The van der Waals surface area contributed by atoms with E-state index in [2.05, 4.69) is 34.6 Å². The van der Waals surface area contributed by atoms with Gasteiger partial charge < -0.3 is 29.7 Å². The summed E-state index contributed by atoms with van der Waals surface area (Å²) in [7, 11) is 1.77. The topological polar surface area (TPSA) is 67.4 Å². The van der Waals surface area contributed by atoms with E-state index in [1.54, 1.807) is 7.11 Å². The van der Waals surface area contributed by atoms with E-state index in [1.807, 2.05) is 19.9 Å². The monoisotopic (exact) mass is 562 g/mol. The number of nitrogens with one attached hydrogen (secondary N) is 2. The zero-order chi connectivity index (χ0) is 22.3. The molecule has 0 saturated carbocycles. The summed E-state index contributed by atoms with van der Waals surface area (Å²) in [6, 6.07) is 6.19. The molecule has 8 heteroatoms. The van der Waals surface area contributed by atoms with Gasteiger partial charge in [0.25, 0.3) is 0 Å². The van der Waals surface area contributed by atoms with Crippen molar-refractivity contribution in [3.63, 3.8) is 0 Å². The van der Waals surface area contributed by atoms with Gasteiger partial charge >= 0.3 is 0 Å². The molecule has 184 valence electrons. The van der Waals surface area contributed by atoms with Gasteiger partial charge in [0, 0.05) is 33.3 Å². The van der Waals surface area contributed by atoms with Crippen LogP contribution in [-0.2, 0) is 11.2 Å². The number of halogens is 1. The number of likely N-dealkylation sites (tertiary alicyclic amines) is 1. The number of guanidine groups is 1. The van der Waals surface area contributed by atoms with E-state index in [-0.39, 0.29) is 24.0 Å². The quantitative estimate of drug-likeness (QED) is 0.218. The minimum absolute atomic E-state index is 0. The molecule has 1 aliphatic rings. The molecule has 1 aliphatic heterocycles. The molecule has 1 aromatic carbocycles. The first kappa shape index (κ1) is 28.8. The van der Waals surface area contributed by atoms with Crippen molar-refractivity contribution >= 4 is 29.9 Å². The second kappa shape index (κ2) is 17.2. The van der Waals surface area contributed by atoms with Crippen LogP contribution in [0, 0.1) is 5.92 Å². The number of aliphatic imine (C=N–C) groups is 1. The minimum Gasteiger partial charge on any atom is -0.490 e. The van der Waals surface area contributed by atoms with Gasteiger partial charge in [0.15, 0.2) is 17.5 Å². The number of piperidine rings is 1. The first-order valence-corrected chi connectivity index (χ1v) is 11.8. The van der Waals surface area contributed by atoms with Crippen LogP contribution in [0.2, 0.25) is 0 Å². The molecule has 1 saturated heterocycles. The normalized spacial score (nSPS) is 15.2. The Kier molecular flexibility index (Phi) is 15.5. The Morgan fingerprint density at radius 3 is 2.44 bits per heavy atom. The Bertz CT molecular complexity index is 652. The van der Waals surface area contributed by atoms with Gasteiger partial charge in [0.2, 0.25) is 0 Å². The van der Waals surface area contributed by atoms with E-state index in [0.29, 0.717) is 19.1 Å². The van der Waals surface area contributed by atoms with Gasteiger partial charge in [-0.3, -0.25) is 4.99 Å². The second-order valence-electron chi connectivity index (χ2n) is 7.82. The Hall–Kier alpha value is -1.26. The summed E-state index contributed by atoms with van der Waals surface area (Å²) in [6.45, 7) is 14.1. The summed E-state index contributed by atoms with van der Waals surface area (Å²) in [5.41, 5.74) is 1.22. The minimum atomic E-state index is 0. The predicted molar refractivity (Wildman–Crippen MR) is 143 cm³/mol. The van der Waals surface area contributed by atoms with Gasteiger partial charge in [-0.1, -0.05) is 6.07 Å². The van der Waals surface area contributed by atoms with E-state index < -0.39 is 0 Å². The van der Waals surface area contributed by atoms with Crippen LogP contribution in [0.5, 0.6) is 11.5 Å². The fourth-order valence-electron chi connectivity index (χ4n) is 3.75. The Balaban J connectivity index is 0.00000512. The molecule has 2 rings (SSSR count). The van der Waals surface area contributed by atoms with Gasteiger partial charge in [-0.05, 0) is 76.7 Å². The number of hydrogen-bond donors (Lipinski definition) is 2. The molecule has 0 atom stereocenters. The van der Waals surface area contributed by atoms with Crippen LogP contribution in [-0.4, -0.2) is 77.1 Å². The lowest BCUT2D eigenvalue weighted by atomic mass is 9.97. The third kappa shape index (κ3) is 10.6. The first-order valence-electron chi connectivity index (χ1n) is 11.8. The van der Waals surface area contributed by atoms with Crippen molar-refractivity contribution in [3.05, 3.63) is 23.8 Å². The van der Waals surface area contributed by atoms with E-state index >= 15 is 0 Å². The van der Waals surface area contributed by atoms with Crippen molar-refractivity contribution in [2.45, 2.75) is 40.0 Å². The van der Waals surface area contributed by atoms with Crippen LogP contribution >= 0.6 is 24.0 Å². The SMILES string of the molecule is CCNC(=NCC1CCN(CCOC)CC1)NCCc1ccc(OCC)c(OCC)c1.I. The Morgan fingerprint density at radius 1 is 1.06 bits per heavy atom. The van der Waals surface area contributed by atoms with Crippen molar-refractivity contribution in [2.24, 2.45) is 10.9 Å². The molecular weight excluding hydrogens is 519 g/mol. The van der Waals surface area contributed by atoms with E-state index in [4.69, 9.17) is 19.2 Å². The highest BCUT2D eigenvalue weighted by molar-refractivity contribution is 14.0. The number of rotatable bonds is 13. The summed E-state index contributed by atoms with van der Waals surface area (Å²) < 4.78 is 16.6. The Labute approximate surface area is 211 Å². The summed E-state index contributed by atoms with van der Waals surface area (Å²) in [5.74, 6) is 3.19. The predicted octanol–water partition coefficient (Wildman–Crippen LogP) is 3.56. The summed E-state index contributed by atoms with van der Waals surface area (Å²) in [4.78, 5) is 7.33. The lowest BCUT2D eigenvalue weighted by Gasteiger charge is -2.31. The van der Waals surface area contributed by atoms with Gasteiger partial charge in [-0.2, -0.15) is 0 Å². The fourth-order valence-corrected chi connectivity index (χ4v) is 3.75. The van der Waals surface area contributed by atoms with Crippen molar-refractivity contribution in [3.8, 4) is 11.5 Å². The molecule has 0 amide bonds. The number of hydrogen-bond acceptors (Lipinski definition) is 5. The lowest BCUT2D eigenvalue weighted by Crippen LogP contribution is -2.40. The maximum Gasteiger partial charge on any atom is 0.191 e. The molecule has 0 spiro atoms. The summed E-state index contributed by atoms with van der Waals surface area (Å²) in [5, 5.41) is 6.85. The molecule has 1 aromatic rings. The molecule has 7 nitrogen and oxygen atoms in total. The molecular formula is C24H43IN4O3. The molecule has 0 unspecified atom stereocenters. The van der Waals surface area contributed by atoms with Gasteiger partial charge in [0.1, 0.15) is 0 Å². The highest BCUT2D eigenvalue weighted by Crippen LogP contribution is 2.28. The van der Waals surface area contributed by atoms with Crippen LogP contribution in [0.1, 0.15) is 39.2 Å². The number of methoxy groups -OCH3 is 1. The first-order chi connectivity index (χ1) is 15.2. The van der Waals surface area contributed by atoms with E-state index in [1.165, 1.54) is 18.4 Å². The number of nitrogens with zero attached hydrogens (tertiary/aromatic N) is 2. The molecule has 0 aromatic heterocycles. The third-order valence-corrected chi connectivity index (χ3v) is 5.48. The Morgan fingerprint density at radius 2 is 1.78 bits per heavy atom. The van der Waals surface area contributed by atoms with Crippen LogP contribution < -0.4 is 20.1 Å². The summed E-state index contributed by atoms with van der Waals surface area (Å²) in [6.07, 6.45) is 3.31. The van der Waals surface area contributed by atoms with Crippen LogP contribution in [0.15, 0.2) is 23.2 Å². The van der Waals surface area contributed by atoms with Crippen LogP contribution in [0.3, 0.4) is 0 Å². The number of ether oxygens (including phenoxy) is 3. The maximum absolute atomic E-state index is 5.74. The van der Waals surface area contributed by atoms with Gasteiger partial charge in [0.05, 0.1) is 19.8 Å². The average Bonchev–Trinajstić information content (AvgIpc) is 2.78. The standard InChI is InChI=1S/C24H42N4O3.HI/c1-5-25-24(27-19-21-11-14-28(15-12-21)16-17-29-4)26-13-10-20-8-9-22(30-6-2)23(18-20)31-7-3;/h8-9,18,21H,5-7,10-17,19H2,1-4H3,(H2,25,26,27);1H. The zero-order valence-electron chi connectivity index (χ0n) is 20.3. The van der Waals surface area contributed by atoms with E-state index in [9.17, 15) is 0 Å². The van der Waals surface area contributed by atoms with Crippen LogP contribution in [0.25, 0.3) is 0 Å². The van der Waals surface area contributed by atoms with Crippen LogP contribution in [0.4, 0.5) is 0 Å². The van der Waals surface area contributed by atoms with Gasteiger partial charge in [-0.25, -0.2) is 0 Å². The molecule has 1 heterocycles. The fraction of sp³-hybridized carbons (Fsp3) is 0.708. The molecule has 2 N–H and O–H groups in total. The maximum atomic E-state index is 5.74. The van der Waals surface area contributed by atoms with Gasteiger partial charge in [-0.15, -0.1) is 24.0 Å².